The number of nitrogens with one attached hydrogen (secondary N) is 1. The Morgan fingerprint density at radius 3 is 2.77 bits per heavy atom. The zero-order chi connectivity index (χ0) is 27.9. The van der Waals surface area contributed by atoms with Gasteiger partial charge < -0.3 is 14.7 Å². The number of aryl methyl sites for hydroxylation is 1. The molecule has 2 heterocycles. The molecule has 0 saturated heterocycles. The van der Waals surface area contributed by atoms with Gasteiger partial charge in [-0.15, -0.1) is 0 Å². The van der Waals surface area contributed by atoms with E-state index in [1.165, 1.54) is 11.1 Å². The van der Waals surface area contributed by atoms with E-state index >= 15 is 0 Å². The van der Waals surface area contributed by atoms with Crippen LogP contribution in [0.5, 0.6) is 5.75 Å². The van der Waals surface area contributed by atoms with Crippen LogP contribution in [-0.2, 0) is 22.8 Å². The summed E-state index contributed by atoms with van der Waals surface area (Å²) < 4.78 is 22.4. The summed E-state index contributed by atoms with van der Waals surface area (Å²) in [5.41, 5.74) is 3.84. The maximum atomic E-state index is 13.3. The van der Waals surface area contributed by atoms with Gasteiger partial charge in [0.05, 0.1) is 23.6 Å². The number of anilines is 1. The summed E-state index contributed by atoms with van der Waals surface area (Å²) in [6, 6.07) is 11.9. The molecule has 5 unspecified atom stereocenters. The quantitative estimate of drug-likeness (QED) is 0.433. The molecule has 0 aromatic heterocycles. The molecule has 2 N–H and O–H groups in total. The normalized spacial score (nSPS) is 32.6. The number of hydrogen-bond acceptors (Lipinski definition) is 5. The van der Waals surface area contributed by atoms with Crippen molar-refractivity contribution in [2.45, 2.75) is 87.9 Å². The Hall–Kier alpha value is -2.09. The van der Waals surface area contributed by atoms with Crippen molar-refractivity contribution in [2.24, 2.45) is 11.8 Å². The van der Waals surface area contributed by atoms with Crippen LogP contribution in [0.2, 0.25) is 5.02 Å². The minimum absolute atomic E-state index is 0.0918. The van der Waals surface area contributed by atoms with E-state index in [4.69, 9.17) is 16.3 Å². The van der Waals surface area contributed by atoms with Crippen molar-refractivity contribution in [1.29, 1.82) is 0 Å². The highest BCUT2D eigenvalue weighted by Crippen LogP contribution is 2.47. The number of fused-ring (bicyclic) bond motifs is 4. The Kier molecular flexibility index (Phi) is 8.17. The molecule has 2 bridgehead atoms. The number of aliphatic hydroxyl groups excluding tert-OH is 1. The fourth-order valence-electron chi connectivity index (χ4n) is 7.50. The van der Waals surface area contributed by atoms with Crippen LogP contribution in [0.3, 0.4) is 0 Å². The van der Waals surface area contributed by atoms with Gasteiger partial charge in [0.2, 0.25) is 0 Å². The number of hydrogen-bond donors (Lipinski definition) is 2. The number of amides is 1. The van der Waals surface area contributed by atoms with Crippen LogP contribution >= 0.6 is 11.6 Å². The molecule has 2 aliphatic heterocycles. The summed E-state index contributed by atoms with van der Waals surface area (Å²) in [7, 11) is -1.46. The van der Waals surface area contributed by atoms with E-state index in [9.17, 15) is 14.1 Å². The van der Waals surface area contributed by atoms with Gasteiger partial charge in [0, 0.05) is 29.1 Å². The fourth-order valence-corrected chi connectivity index (χ4v) is 8.85. The first-order chi connectivity index (χ1) is 19.4. The molecule has 6 nitrogen and oxygen atoms in total. The molecule has 216 valence electrons. The average Bonchev–Trinajstić information content (AvgIpc) is 3.07. The summed E-state index contributed by atoms with van der Waals surface area (Å²) in [6.07, 6.45) is 9.07. The van der Waals surface area contributed by atoms with Crippen LogP contribution < -0.4 is 14.4 Å². The minimum atomic E-state index is -1.46. The van der Waals surface area contributed by atoms with Crippen LogP contribution in [0.25, 0.3) is 0 Å². The first-order valence-corrected chi connectivity index (χ1v) is 16.7. The summed E-state index contributed by atoms with van der Waals surface area (Å²) in [5, 5.41) is 11.8. The summed E-state index contributed by atoms with van der Waals surface area (Å²) >= 11 is 6.40. The predicted octanol–water partition coefficient (Wildman–Crippen LogP) is 5.95. The van der Waals surface area contributed by atoms with Crippen LogP contribution in [0.15, 0.2) is 36.4 Å². The maximum absolute atomic E-state index is 13.3. The van der Waals surface area contributed by atoms with Gasteiger partial charge in [-0.05, 0) is 105 Å². The first kappa shape index (κ1) is 28.0. The van der Waals surface area contributed by atoms with E-state index < -0.39 is 11.0 Å². The predicted molar refractivity (Wildman–Crippen MR) is 161 cm³/mol. The van der Waals surface area contributed by atoms with Gasteiger partial charge in [0.15, 0.2) is 0 Å². The molecule has 1 saturated carbocycles. The second-order valence-electron chi connectivity index (χ2n) is 12.4. The largest absolute Gasteiger partial charge is 0.490 e. The highest BCUT2D eigenvalue weighted by Gasteiger charge is 2.44. The van der Waals surface area contributed by atoms with Crippen molar-refractivity contribution in [1.82, 2.24) is 4.72 Å². The molecule has 40 heavy (non-hydrogen) atoms. The third-order valence-electron chi connectivity index (χ3n) is 9.95. The van der Waals surface area contributed by atoms with E-state index in [2.05, 4.69) is 21.8 Å². The smallest absolute Gasteiger partial charge is 0.263 e. The van der Waals surface area contributed by atoms with Crippen molar-refractivity contribution in [2.75, 3.05) is 24.6 Å². The molecule has 4 aliphatic rings. The lowest BCUT2D eigenvalue weighted by atomic mass is 9.68. The number of nitrogens with zero attached hydrogens (tertiary/aromatic N) is 1. The molecule has 6 rings (SSSR count). The van der Waals surface area contributed by atoms with Crippen molar-refractivity contribution >= 4 is 34.2 Å². The van der Waals surface area contributed by atoms with Crippen LogP contribution in [0.1, 0.15) is 86.2 Å². The van der Waals surface area contributed by atoms with E-state index in [0.717, 1.165) is 93.8 Å². The van der Waals surface area contributed by atoms with E-state index in [-0.39, 0.29) is 28.6 Å². The molecule has 2 aliphatic carbocycles. The topological polar surface area (TPSA) is 78.9 Å². The molecule has 6 atom stereocenters. The van der Waals surface area contributed by atoms with Gasteiger partial charge in [0.25, 0.3) is 5.91 Å². The third-order valence-corrected chi connectivity index (χ3v) is 11.7. The Bertz CT molecular complexity index is 1290. The number of carbonyl (C=O) groups is 1. The molecule has 0 radical (unpaired) electrons. The molecular formula is C32H41ClN2O4S. The second-order valence-corrected chi connectivity index (χ2v) is 14.3. The number of halogens is 1. The van der Waals surface area contributed by atoms with E-state index in [1.54, 1.807) is 6.07 Å². The zero-order valence-corrected chi connectivity index (χ0v) is 24.9. The molecule has 1 spiro atoms. The van der Waals surface area contributed by atoms with Gasteiger partial charge in [0.1, 0.15) is 16.7 Å². The first-order valence-electron chi connectivity index (χ1n) is 15.1. The van der Waals surface area contributed by atoms with Crippen LogP contribution in [-0.4, -0.2) is 46.3 Å². The van der Waals surface area contributed by atoms with Crippen molar-refractivity contribution in [3.8, 4) is 5.75 Å². The standard InChI is InChI=1S/C32H41ClN2O4S/c1-2-25-7-3-4-8-29(36)26-12-9-23(26)18-35-19-32(15-5-6-21-16-24(33)11-13-27(21)32)20-39-30-14-10-22(17-28(30)35)31(37)34-40(25)38/h10-11,13-14,16-17,23,25-26,29,36H,2-9,12,15,18-20H2,1H3,(H,34,37)/t23?,25?,26?,29?,32-,40?/m0/s1. The van der Waals surface area contributed by atoms with Gasteiger partial charge >= 0.3 is 0 Å². The zero-order valence-electron chi connectivity index (χ0n) is 23.4. The molecule has 2 aromatic carbocycles. The Morgan fingerprint density at radius 2 is 1.98 bits per heavy atom. The third kappa shape index (κ3) is 5.41. The molecule has 1 fully saturated rings. The van der Waals surface area contributed by atoms with E-state index in [0.29, 0.717) is 18.1 Å². The SMILES string of the molecule is CCC1CCCCC(O)C2CCC2CN2C[C@@]3(CCCc4cc(Cl)ccc43)COc3ccc(cc32)C(=O)NS1=O. The average molecular weight is 585 g/mol. The summed E-state index contributed by atoms with van der Waals surface area (Å²) in [4.78, 5) is 15.7. The maximum Gasteiger partial charge on any atom is 0.263 e. The number of ether oxygens (including phenoxy) is 1. The van der Waals surface area contributed by atoms with Gasteiger partial charge in [-0.3, -0.25) is 9.52 Å². The van der Waals surface area contributed by atoms with E-state index in [1.807, 2.05) is 25.1 Å². The summed E-state index contributed by atoms with van der Waals surface area (Å²) in [6.45, 7) is 4.18. The van der Waals surface area contributed by atoms with Gasteiger partial charge in [-0.2, -0.15) is 0 Å². The molecule has 2 aromatic rings. The Morgan fingerprint density at radius 1 is 1.12 bits per heavy atom. The van der Waals surface area contributed by atoms with Gasteiger partial charge in [-0.25, -0.2) is 4.21 Å². The number of rotatable bonds is 1. The van der Waals surface area contributed by atoms with Crippen molar-refractivity contribution in [3.05, 3.63) is 58.1 Å². The molecule has 8 heteroatoms. The highest BCUT2D eigenvalue weighted by atomic mass is 35.5. The number of benzene rings is 2. The van der Waals surface area contributed by atoms with Crippen LogP contribution in [0, 0.1) is 11.8 Å². The lowest BCUT2D eigenvalue weighted by Crippen LogP contribution is -2.49. The highest BCUT2D eigenvalue weighted by molar-refractivity contribution is 7.84. The second kappa shape index (κ2) is 11.7. The Balaban J connectivity index is 1.39. The minimum Gasteiger partial charge on any atom is -0.490 e. The fraction of sp³-hybridized carbons (Fsp3) is 0.594. The van der Waals surface area contributed by atoms with Crippen LogP contribution in [0.4, 0.5) is 5.69 Å². The Labute approximate surface area is 245 Å². The summed E-state index contributed by atoms with van der Waals surface area (Å²) in [5.74, 6) is 1.16. The molecular weight excluding hydrogens is 544 g/mol. The monoisotopic (exact) mass is 584 g/mol. The van der Waals surface area contributed by atoms with Crippen molar-refractivity contribution in [3.63, 3.8) is 0 Å². The number of carbonyl (C=O) groups excluding carboxylic acids is 1. The lowest BCUT2D eigenvalue weighted by Gasteiger charge is -2.45. The van der Waals surface area contributed by atoms with Crippen molar-refractivity contribution < 1.29 is 18.8 Å². The van der Waals surface area contributed by atoms with Gasteiger partial charge in [-0.1, -0.05) is 37.4 Å². The molecule has 1 amide bonds. The number of aliphatic hydroxyl groups is 1. The lowest BCUT2D eigenvalue weighted by molar-refractivity contribution is 0.00904.